The molecule has 0 aliphatic carbocycles. The summed E-state index contributed by atoms with van der Waals surface area (Å²) in [4.78, 5) is 15.9. The van der Waals surface area contributed by atoms with Gasteiger partial charge in [0.2, 0.25) is 0 Å². The first-order chi connectivity index (χ1) is 10.8. The van der Waals surface area contributed by atoms with Crippen molar-refractivity contribution in [2.75, 3.05) is 25.9 Å². The minimum absolute atomic E-state index is 0.0138. The Morgan fingerprint density at radius 3 is 2.35 bits per heavy atom. The maximum absolute atomic E-state index is 12.3. The van der Waals surface area contributed by atoms with Crippen molar-refractivity contribution in [2.24, 2.45) is 0 Å². The second-order valence-corrected chi connectivity index (χ2v) is 7.77. The van der Waals surface area contributed by atoms with E-state index in [0.29, 0.717) is 12.1 Å². The molecule has 23 heavy (non-hydrogen) atoms. The zero-order valence-electron chi connectivity index (χ0n) is 14.8. The van der Waals surface area contributed by atoms with E-state index < -0.39 is 0 Å². The third kappa shape index (κ3) is 4.96. The number of amides is 1. The summed E-state index contributed by atoms with van der Waals surface area (Å²) in [5.41, 5.74) is 0.614. The predicted octanol–water partition coefficient (Wildman–Crippen LogP) is 3.03. The molecule has 1 N–H and O–H groups in total. The van der Waals surface area contributed by atoms with Gasteiger partial charge in [-0.1, -0.05) is 0 Å². The lowest BCUT2D eigenvalue weighted by Gasteiger charge is -2.45. The number of carbonyl (C=O) groups excluding carboxylic acids is 1. The van der Waals surface area contributed by atoms with Gasteiger partial charge >= 0.3 is 0 Å². The van der Waals surface area contributed by atoms with Crippen molar-refractivity contribution in [3.8, 4) is 0 Å². The Labute approximate surface area is 144 Å². The standard InChI is InChI=1S/C18H28N2O2S/c1-13-10-20(11-14(2)22-13)18(3,4)12-19-17(21)15-6-8-16(23-5)9-7-15/h6-9,13-14H,10-12H2,1-5H3,(H,19,21). The molecule has 1 heterocycles. The fraction of sp³-hybridized carbons (Fsp3) is 0.611. The fourth-order valence-corrected chi connectivity index (χ4v) is 3.33. The molecule has 0 spiro atoms. The molecule has 1 aliphatic heterocycles. The highest BCUT2D eigenvalue weighted by Gasteiger charge is 2.33. The zero-order valence-corrected chi connectivity index (χ0v) is 15.6. The summed E-state index contributed by atoms with van der Waals surface area (Å²) < 4.78 is 5.80. The number of hydrogen-bond donors (Lipinski definition) is 1. The molecule has 1 saturated heterocycles. The lowest BCUT2D eigenvalue weighted by Crippen LogP contribution is -2.58. The van der Waals surface area contributed by atoms with Crippen LogP contribution >= 0.6 is 11.8 Å². The number of thioether (sulfide) groups is 1. The molecule has 1 aliphatic rings. The van der Waals surface area contributed by atoms with Crippen molar-refractivity contribution in [2.45, 2.75) is 50.3 Å². The first-order valence-electron chi connectivity index (χ1n) is 8.14. The highest BCUT2D eigenvalue weighted by atomic mass is 32.2. The van der Waals surface area contributed by atoms with E-state index in [9.17, 15) is 4.79 Å². The molecule has 1 aromatic carbocycles. The van der Waals surface area contributed by atoms with Crippen LogP contribution in [0.4, 0.5) is 0 Å². The van der Waals surface area contributed by atoms with E-state index in [4.69, 9.17) is 4.74 Å². The van der Waals surface area contributed by atoms with Gasteiger partial charge in [-0.15, -0.1) is 11.8 Å². The number of hydrogen-bond acceptors (Lipinski definition) is 4. The number of benzene rings is 1. The van der Waals surface area contributed by atoms with Crippen molar-refractivity contribution < 1.29 is 9.53 Å². The summed E-state index contributed by atoms with van der Waals surface area (Å²) in [6.07, 6.45) is 2.49. The summed E-state index contributed by atoms with van der Waals surface area (Å²) in [5, 5.41) is 3.08. The van der Waals surface area contributed by atoms with E-state index in [1.54, 1.807) is 11.8 Å². The van der Waals surface area contributed by atoms with Gasteiger partial charge in [-0.3, -0.25) is 9.69 Å². The molecular weight excluding hydrogens is 308 g/mol. The molecule has 1 aromatic rings. The lowest BCUT2D eigenvalue weighted by atomic mass is 10.00. The van der Waals surface area contributed by atoms with Crippen LogP contribution in [0.15, 0.2) is 29.2 Å². The van der Waals surface area contributed by atoms with Crippen LogP contribution in [-0.4, -0.2) is 54.4 Å². The first kappa shape index (κ1) is 18.3. The van der Waals surface area contributed by atoms with E-state index in [-0.39, 0.29) is 23.7 Å². The van der Waals surface area contributed by atoms with E-state index in [1.165, 1.54) is 0 Å². The molecule has 0 radical (unpaired) electrons. The average Bonchev–Trinajstić information content (AvgIpc) is 2.52. The lowest BCUT2D eigenvalue weighted by molar-refractivity contribution is -0.0948. The maximum Gasteiger partial charge on any atom is 0.251 e. The van der Waals surface area contributed by atoms with Crippen molar-refractivity contribution in [1.82, 2.24) is 10.2 Å². The summed E-state index contributed by atoms with van der Waals surface area (Å²) in [6, 6.07) is 7.73. The van der Waals surface area contributed by atoms with Crippen molar-refractivity contribution in [3.63, 3.8) is 0 Å². The van der Waals surface area contributed by atoms with Crippen LogP contribution < -0.4 is 5.32 Å². The molecule has 5 heteroatoms. The van der Waals surface area contributed by atoms with Crippen LogP contribution in [0.2, 0.25) is 0 Å². The molecular formula is C18H28N2O2S. The number of rotatable bonds is 5. The van der Waals surface area contributed by atoms with Crippen molar-refractivity contribution in [3.05, 3.63) is 29.8 Å². The normalized spacial score (nSPS) is 22.8. The summed E-state index contributed by atoms with van der Waals surface area (Å²) in [7, 11) is 0. The summed E-state index contributed by atoms with van der Waals surface area (Å²) in [5.74, 6) is -0.0138. The zero-order chi connectivity index (χ0) is 17.0. The largest absolute Gasteiger partial charge is 0.373 e. The molecule has 0 bridgehead atoms. The molecule has 0 aromatic heterocycles. The number of carbonyl (C=O) groups is 1. The smallest absolute Gasteiger partial charge is 0.251 e. The summed E-state index contributed by atoms with van der Waals surface area (Å²) in [6.45, 7) is 11.0. The Balaban J connectivity index is 1.93. The van der Waals surface area contributed by atoms with Crippen LogP contribution in [0.3, 0.4) is 0 Å². The second kappa shape index (κ2) is 7.69. The molecule has 2 atom stereocenters. The van der Waals surface area contributed by atoms with Gasteiger partial charge in [-0.2, -0.15) is 0 Å². The van der Waals surface area contributed by atoms with Gasteiger partial charge in [0, 0.05) is 35.6 Å². The first-order valence-corrected chi connectivity index (χ1v) is 9.37. The summed E-state index contributed by atoms with van der Waals surface area (Å²) >= 11 is 1.68. The van der Waals surface area contributed by atoms with E-state index >= 15 is 0 Å². The SMILES string of the molecule is CSc1ccc(C(=O)NCC(C)(C)N2CC(C)OC(C)C2)cc1. The fourth-order valence-electron chi connectivity index (χ4n) is 2.92. The second-order valence-electron chi connectivity index (χ2n) is 6.89. The molecule has 4 nitrogen and oxygen atoms in total. The maximum atomic E-state index is 12.3. The third-order valence-electron chi connectivity index (χ3n) is 4.31. The Bertz CT molecular complexity index is 520. The topological polar surface area (TPSA) is 41.6 Å². The van der Waals surface area contributed by atoms with Crippen LogP contribution in [0.25, 0.3) is 0 Å². The van der Waals surface area contributed by atoms with Gasteiger partial charge in [0.1, 0.15) is 0 Å². The van der Waals surface area contributed by atoms with Gasteiger partial charge in [0.25, 0.3) is 5.91 Å². The molecule has 1 amide bonds. The van der Waals surface area contributed by atoms with Gasteiger partial charge < -0.3 is 10.1 Å². The molecule has 1 fully saturated rings. The number of nitrogens with one attached hydrogen (secondary N) is 1. The molecule has 2 rings (SSSR count). The van der Waals surface area contributed by atoms with E-state index in [0.717, 1.165) is 18.0 Å². The molecule has 128 valence electrons. The number of ether oxygens (including phenoxy) is 1. The van der Waals surface area contributed by atoms with E-state index in [1.807, 2.05) is 30.5 Å². The Morgan fingerprint density at radius 2 is 1.83 bits per heavy atom. The van der Waals surface area contributed by atoms with Gasteiger partial charge in [0.15, 0.2) is 0 Å². The van der Waals surface area contributed by atoms with Crippen molar-refractivity contribution >= 4 is 17.7 Å². The highest BCUT2D eigenvalue weighted by Crippen LogP contribution is 2.21. The van der Waals surface area contributed by atoms with Gasteiger partial charge in [-0.05, 0) is 58.2 Å². The minimum Gasteiger partial charge on any atom is -0.373 e. The number of nitrogens with zero attached hydrogens (tertiary/aromatic N) is 1. The Morgan fingerprint density at radius 1 is 1.26 bits per heavy atom. The van der Waals surface area contributed by atoms with Gasteiger partial charge in [-0.25, -0.2) is 0 Å². The quantitative estimate of drug-likeness (QED) is 0.839. The Hall–Kier alpha value is -1.04. The van der Waals surface area contributed by atoms with Gasteiger partial charge in [0.05, 0.1) is 12.2 Å². The molecule has 0 saturated carbocycles. The van der Waals surface area contributed by atoms with Crippen LogP contribution in [0.1, 0.15) is 38.1 Å². The Kier molecular flexibility index (Phi) is 6.12. The highest BCUT2D eigenvalue weighted by molar-refractivity contribution is 7.98. The van der Waals surface area contributed by atoms with Crippen LogP contribution in [-0.2, 0) is 4.74 Å². The monoisotopic (exact) mass is 336 g/mol. The number of morpholine rings is 1. The van der Waals surface area contributed by atoms with Crippen molar-refractivity contribution in [1.29, 1.82) is 0 Å². The predicted molar refractivity (Wildman–Crippen MR) is 96.2 cm³/mol. The minimum atomic E-state index is -0.0961. The van der Waals surface area contributed by atoms with Crippen LogP contribution in [0, 0.1) is 0 Å². The van der Waals surface area contributed by atoms with Crippen LogP contribution in [0.5, 0.6) is 0 Å². The average molecular weight is 337 g/mol. The third-order valence-corrected chi connectivity index (χ3v) is 5.05. The van der Waals surface area contributed by atoms with E-state index in [2.05, 4.69) is 37.9 Å². The molecule has 2 unspecified atom stereocenters.